The smallest absolute Gasteiger partial charge is 0.356 e. The normalized spacial score (nSPS) is 13.0. The first kappa shape index (κ1) is 18.3. The zero-order chi connectivity index (χ0) is 19.5. The Morgan fingerprint density at radius 1 is 1.11 bits per heavy atom. The Morgan fingerprint density at radius 2 is 1.96 bits per heavy atom. The second kappa shape index (κ2) is 7.90. The van der Waals surface area contributed by atoms with Crippen molar-refractivity contribution in [3.8, 4) is 11.3 Å². The fourth-order valence-corrected chi connectivity index (χ4v) is 4.55. The largest absolute Gasteiger partial charge is 0.476 e. The Bertz CT molecular complexity index is 1030. The van der Waals surface area contributed by atoms with E-state index in [1.165, 1.54) is 34.9 Å². The van der Waals surface area contributed by atoms with Gasteiger partial charge in [-0.3, -0.25) is 4.79 Å². The highest BCUT2D eigenvalue weighted by molar-refractivity contribution is 7.10. The monoisotopic (exact) mass is 393 g/mol. The molecule has 1 aliphatic rings. The number of aromatic carboxylic acids is 1. The summed E-state index contributed by atoms with van der Waals surface area (Å²) >= 11 is 1.79. The van der Waals surface area contributed by atoms with E-state index in [4.69, 9.17) is 5.11 Å². The van der Waals surface area contributed by atoms with Gasteiger partial charge in [0.1, 0.15) is 0 Å². The van der Waals surface area contributed by atoms with E-state index in [1.54, 1.807) is 35.6 Å². The molecule has 2 aromatic heterocycles. The van der Waals surface area contributed by atoms with Gasteiger partial charge in [-0.05, 0) is 66.5 Å². The number of carbonyl (C=O) groups excluding carboxylic acids is 1. The van der Waals surface area contributed by atoms with Gasteiger partial charge in [-0.25, -0.2) is 4.79 Å². The minimum Gasteiger partial charge on any atom is -0.476 e. The molecule has 0 radical (unpaired) electrons. The molecule has 0 bridgehead atoms. The number of hydrogen-bond donors (Lipinski definition) is 2. The van der Waals surface area contributed by atoms with Crippen molar-refractivity contribution in [2.45, 2.75) is 32.2 Å². The number of fused-ring (bicyclic) bond motifs is 1. The van der Waals surface area contributed by atoms with Gasteiger partial charge in [0, 0.05) is 22.5 Å². The molecule has 6 nitrogen and oxygen atoms in total. The van der Waals surface area contributed by atoms with Crippen LogP contribution < -0.4 is 5.32 Å². The Balaban J connectivity index is 1.47. The number of thiophene rings is 1. The number of amides is 1. The summed E-state index contributed by atoms with van der Waals surface area (Å²) in [5, 5.41) is 21.7. The highest BCUT2D eigenvalue weighted by Crippen LogP contribution is 2.30. The maximum absolute atomic E-state index is 12.6. The van der Waals surface area contributed by atoms with E-state index >= 15 is 0 Å². The fourth-order valence-electron chi connectivity index (χ4n) is 3.41. The first-order valence-electron chi connectivity index (χ1n) is 9.15. The number of carbonyl (C=O) groups is 2. The highest BCUT2D eigenvalue weighted by atomic mass is 32.1. The first-order chi connectivity index (χ1) is 13.6. The summed E-state index contributed by atoms with van der Waals surface area (Å²) in [6.45, 7) is 0.530. The van der Waals surface area contributed by atoms with Crippen LogP contribution in [0.5, 0.6) is 0 Å². The number of nitrogens with zero attached hydrogens (tertiary/aromatic N) is 2. The molecule has 2 heterocycles. The van der Waals surface area contributed by atoms with E-state index in [1.807, 2.05) is 6.07 Å². The van der Waals surface area contributed by atoms with Gasteiger partial charge < -0.3 is 10.4 Å². The molecule has 7 heteroatoms. The van der Waals surface area contributed by atoms with E-state index in [2.05, 4.69) is 20.9 Å². The molecule has 4 rings (SSSR count). The quantitative estimate of drug-likeness (QED) is 0.689. The molecule has 1 amide bonds. The maximum Gasteiger partial charge on any atom is 0.356 e. The van der Waals surface area contributed by atoms with Crippen LogP contribution in [-0.4, -0.2) is 27.2 Å². The van der Waals surface area contributed by atoms with Gasteiger partial charge in [0.15, 0.2) is 5.69 Å². The molecule has 142 valence electrons. The van der Waals surface area contributed by atoms with Gasteiger partial charge >= 0.3 is 5.97 Å². The molecule has 2 N–H and O–H groups in total. The van der Waals surface area contributed by atoms with Crippen LogP contribution >= 0.6 is 11.3 Å². The molecule has 0 aliphatic heterocycles. The SMILES string of the molecule is O=C(NCc1csc2c1CCCC2)c1cccc(-c2ccc(C(=O)O)nn2)c1. The minimum absolute atomic E-state index is 0.114. The number of carboxylic acids is 1. The predicted molar refractivity (Wildman–Crippen MR) is 107 cm³/mol. The van der Waals surface area contributed by atoms with Gasteiger partial charge in [-0.15, -0.1) is 21.5 Å². The molecule has 0 fully saturated rings. The number of benzene rings is 1. The van der Waals surface area contributed by atoms with E-state index in [-0.39, 0.29) is 11.6 Å². The summed E-state index contributed by atoms with van der Waals surface area (Å²) in [5.41, 5.74) is 4.29. The molecular weight excluding hydrogens is 374 g/mol. The van der Waals surface area contributed by atoms with E-state index in [0.717, 1.165) is 12.8 Å². The Morgan fingerprint density at radius 3 is 2.75 bits per heavy atom. The standard InChI is InChI=1S/C21H19N3O3S/c25-20(22-11-15-12-28-19-7-2-1-6-16(15)19)14-5-3-4-13(10-14)17-8-9-18(21(26)27)24-23-17/h3-5,8-10,12H,1-2,6-7,11H2,(H,22,25)(H,26,27). The average Bonchev–Trinajstić information content (AvgIpc) is 3.15. The van der Waals surface area contributed by atoms with Crippen molar-refractivity contribution in [2.75, 3.05) is 0 Å². The van der Waals surface area contributed by atoms with Crippen LogP contribution in [0.4, 0.5) is 0 Å². The fraction of sp³-hybridized carbons (Fsp3) is 0.238. The number of hydrogen-bond acceptors (Lipinski definition) is 5. The lowest BCUT2D eigenvalue weighted by Crippen LogP contribution is -2.23. The van der Waals surface area contributed by atoms with Crippen molar-refractivity contribution >= 4 is 23.2 Å². The maximum atomic E-state index is 12.6. The van der Waals surface area contributed by atoms with Crippen LogP contribution in [0.1, 0.15) is 49.7 Å². The van der Waals surface area contributed by atoms with Crippen molar-refractivity contribution in [3.05, 3.63) is 69.0 Å². The van der Waals surface area contributed by atoms with Crippen LogP contribution in [-0.2, 0) is 19.4 Å². The number of carboxylic acid groups (broad SMARTS) is 1. The number of rotatable bonds is 5. The third kappa shape index (κ3) is 3.80. The summed E-state index contributed by atoms with van der Waals surface area (Å²) in [5.74, 6) is -1.27. The lowest BCUT2D eigenvalue weighted by molar-refractivity contribution is 0.0689. The third-order valence-electron chi connectivity index (χ3n) is 4.89. The Hall–Kier alpha value is -3.06. The average molecular weight is 393 g/mol. The molecule has 0 unspecified atom stereocenters. The first-order valence-corrected chi connectivity index (χ1v) is 10.0. The second-order valence-corrected chi connectivity index (χ2v) is 7.71. The van der Waals surface area contributed by atoms with Gasteiger partial charge in [-0.2, -0.15) is 0 Å². The van der Waals surface area contributed by atoms with Crippen LogP contribution in [0.2, 0.25) is 0 Å². The third-order valence-corrected chi connectivity index (χ3v) is 6.03. The van der Waals surface area contributed by atoms with Gasteiger partial charge in [-0.1, -0.05) is 12.1 Å². The number of nitrogens with one attached hydrogen (secondary N) is 1. The summed E-state index contributed by atoms with van der Waals surface area (Å²) in [7, 11) is 0. The topological polar surface area (TPSA) is 92.2 Å². The van der Waals surface area contributed by atoms with Crippen LogP contribution in [0.3, 0.4) is 0 Å². The molecule has 1 aliphatic carbocycles. The summed E-state index contributed by atoms with van der Waals surface area (Å²) in [6.07, 6.45) is 4.72. The lowest BCUT2D eigenvalue weighted by Gasteiger charge is -2.13. The lowest BCUT2D eigenvalue weighted by atomic mass is 9.96. The number of aryl methyl sites for hydroxylation is 1. The number of aromatic nitrogens is 2. The highest BCUT2D eigenvalue weighted by Gasteiger charge is 2.16. The molecular formula is C21H19N3O3S. The summed E-state index contributed by atoms with van der Waals surface area (Å²) in [6, 6.07) is 10.1. The van der Waals surface area contributed by atoms with Crippen LogP contribution in [0.25, 0.3) is 11.3 Å². The molecule has 3 aromatic rings. The molecule has 0 atom stereocenters. The van der Waals surface area contributed by atoms with Crippen molar-refractivity contribution in [1.29, 1.82) is 0 Å². The molecule has 1 aromatic carbocycles. The molecule has 0 saturated heterocycles. The molecule has 0 spiro atoms. The molecule has 28 heavy (non-hydrogen) atoms. The zero-order valence-corrected chi connectivity index (χ0v) is 16.0. The zero-order valence-electron chi connectivity index (χ0n) is 15.1. The van der Waals surface area contributed by atoms with Crippen molar-refractivity contribution in [1.82, 2.24) is 15.5 Å². The van der Waals surface area contributed by atoms with E-state index in [0.29, 0.717) is 23.4 Å². The molecule has 0 saturated carbocycles. The Kier molecular flexibility index (Phi) is 5.16. The van der Waals surface area contributed by atoms with E-state index < -0.39 is 5.97 Å². The van der Waals surface area contributed by atoms with Gasteiger partial charge in [0.25, 0.3) is 5.91 Å². The van der Waals surface area contributed by atoms with Crippen molar-refractivity contribution in [2.24, 2.45) is 0 Å². The van der Waals surface area contributed by atoms with E-state index in [9.17, 15) is 9.59 Å². The van der Waals surface area contributed by atoms with Crippen molar-refractivity contribution < 1.29 is 14.7 Å². The summed E-state index contributed by atoms with van der Waals surface area (Å²) in [4.78, 5) is 25.0. The van der Waals surface area contributed by atoms with Gasteiger partial charge in [0.05, 0.1) is 5.69 Å². The van der Waals surface area contributed by atoms with Gasteiger partial charge in [0.2, 0.25) is 0 Å². The Labute approximate surface area is 166 Å². The summed E-state index contributed by atoms with van der Waals surface area (Å²) < 4.78 is 0. The van der Waals surface area contributed by atoms with Crippen molar-refractivity contribution in [3.63, 3.8) is 0 Å². The second-order valence-electron chi connectivity index (χ2n) is 6.74. The predicted octanol–water partition coefficient (Wildman–Crippen LogP) is 3.71. The van der Waals surface area contributed by atoms with Crippen LogP contribution in [0.15, 0.2) is 41.8 Å². The minimum atomic E-state index is -1.12. The van der Waals surface area contributed by atoms with Crippen LogP contribution in [0, 0.1) is 0 Å².